The van der Waals surface area contributed by atoms with E-state index < -0.39 is 10.0 Å². The molecule has 0 aliphatic rings. The normalized spacial score (nSPS) is 11.2. The van der Waals surface area contributed by atoms with Crippen molar-refractivity contribution in [3.63, 3.8) is 0 Å². The number of nitrogens with zero attached hydrogens (tertiary/aromatic N) is 1. The number of hydrogen-bond donors (Lipinski definition) is 1. The summed E-state index contributed by atoms with van der Waals surface area (Å²) in [4.78, 5) is 13.1. The number of benzene rings is 3. The van der Waals surface area contributed by atoms with Crippen LogP contribution in [0.3, 0.4) is 0 Å². The van der Waals surface area contributed by atoms with E-state index in [1.165, 1.54) is 44.8 Å². The zero-order chi connectivity index (χ0) is 24.0. The van der Waals surface area contributed by atoms with E-state index >= 15 is 0 Å². The number of carbonyl (C=O) groups is 1. The van der Waals surface area contributed by atoms with Gasteiger partial charge >= 0.3 is 0 Å². The standard InChI is InChI=1S/C24H26N2O6S/c1-26(33(28,29)20-8-6-5-7-9-20)16-18-14-17(10-12-22(18)31-3)24(27)25-21-15-19(30-2)11-13-23(21)32-4/h5-15H,16H2,1-4H3,(H,25,27). The second kappa shape index (κ2) is 10.4. The summed E-state index contributed by atoms with van der Waals surface area (Å²) < 4.78 is 43.0. The van der Waals surface area contributed by atoms with Crippen LogP contribution in [0.4, 0.5) is 5.69 Å². The lowest BCUT2D eigenvalue weighted by Crippen LogP contribution is -2.27. The van der Waals surface area contributed by atoms with Crippen LogP contribution in [0.5, 0.6) is 17.2 Å². The summed E-state index contributed by atoms with van der Waals surface area (Å²) >= 11 is 0. The number of ether oxygens (including phenoxy) is 3. The molecule has 0 bridgehead atoms. The van der Waals surface area contributed by atoms with Gasteiger partial charge in [-0.1, -0.05) is 18.2 Å². The Morgan fingerprint density at radius 3 is 2.18 bits per heavy atom. The molecule has 3 rings (SSSR count). The zero-order valence-electron chi connectivity index (χ0n) is 18.9. The smallest absolute Gasteiger partial charge is 0.255 e. The first-order valence-electron chi connectivity index (χ1n) is 10.0. The molecular weight excluding hydrogens is 444 g/mol. The summed E-state index contributed by atoms with van der Waals surface area (Å²) in [5.74, 6) is 1.13. The molecule has 33 heavy (non-hydrogen) atoms. The van der Waals surface area contributed by atoms with Crippen molar-refractivity contribution in [2.24, 2.45) is 0 Å². The number of carbonyl (C=O) groups excluding carboxylic acids is 1. The molecule has 8 nitrogen and oxygen atoms in total. The van der Waals surface area contributed by atoms with Crippen molar-refractivity contribution in [3.8, 4) is 17.2 Å². The highest BCUT2D eigenvalue weighted by Crippen LogP contribution is 2.30. The fourth-order valence-electron chi connectivity index (χ4n) is 3.25. The monoisotopic (exact) mass is 470 g/mol. The maximum absolute atomic E-state index is 13.0. The fourth-order valence-corrected chi connectivity index (χ4v) is 4.42. The molecular formula is C24H26N2O6S. The Balaban J connectivity index is 1.87. The molecule has 3 aromatic carbocycles. The van der Waals surface area contributed by atoms with Gasteiger partial charge in [-0.25, -0.2) is 8.42 Å². The first-order valence-corrected chi connectivity index (χ1v) is 11.5. The van der Waals surface area contributed by atoms with Crippen molar-refractivity contribution >= 4 is 21.6 Å². The van der Waals surface area contributed by atoms with E-state index in [-0.39, 0.29) is 17.3 Å². The first-order chi connectivity index (χ1) is 15.8. The van der Waals surface area contributed by atoms with Crippen molar-refractivity contribution in [3.05, 3.63) is 77.9 Å². The fraction of sp³-hybridized carbons (Fsp3) is 0.208. The number of nitrogens with one attached hydrogen (secondary N) is 1. The molecule has 174 valence electrons. The van der Waals surface area contributed by atoms with Gasteiger partial charge in [0.2, 0.25) is 10.0 Å². The lowest BCUT2D eigenvalue weighted by molar-refractivity contribution is 0.102. The minimum Gasteiger partial charge on any atom is -0.497 e. The van der Waals surface area contributed by atoms with Crippen molar-refractivity contribution in [1.82, 2.24) is 4.31 Å². The van der Waals surface area contributed by atoms with Gasteiger partial charge < -0.3 is 19.5 Å². The largest absolute Gasteiger partial charge is 0.497 e. The molecule has 0 unspecified atom stereocenters. The molecule has 0 heterocycles. The second-order valence-electron chi connectivity index (χ2n) is 7.12. The van der Waals surface area contributed by atoms with E-state index in [2.05, 4.69) is 5.32 Å². The van der Waals surface area contributed by atoms with Gasteiger partial charge in [0.15, 0.2) is 0 Å². The van der Waals surface area contributed by atoms with Gasteiger partial charge in [0, 0.05) is 30.8 Å². The summed E-state index contributed by atoms with van der Waals surface area (Å²) in [6, 6.07) is 18.1. The Bertz CT molecular complexity index is 1230. The molecule has 0 aliphatic carbocycles. The van der Waals surface area contributed by atoms with Crippen LogP contribution in [0.1, 0.15) is 15.9 Å². The van der Waals surface area contributed by atoms with Gasteiger partial charge in [0.1, 0.15) is 17.2 Å². The highest BCUT2D eigenvalue weighted by Gasteiger charge is 2.22. The maximum atomic E-state index is 13.0. The molecule has 1 N–H and O–H groups in total. The van der Waals surface area contributed by atoms with Gasteiger partial charge in [0.25, 0.3) is 5.91 Å². The Morgan fingerprint density at radius 1 is 0.879 bits per heavy atom. The highest BCUT2D eigenvalue weighted by molar-refractivity contribution is 7.89. The summed E-state index contributed by atoms with van der Waals surface area (Å²) in [6.45, 7) is 0.0179. The van der Waals surface area contributed by atoms with E-state index in [0.29, 0.717) is 34.1 Å². The van der Waals surface area contributed by atoms with Crippen LogP contribution in [0.15, 0.2) is 71.6 Å². The SMILES string of the molecule is COc1ccc(OC)c(NC(=O)c2ccc(OC)c(CN(C)S(=O)(=O)c3ccccc3)c2)c1. The lowest BCUT2D eigenvalue weighted by atomic mass is 10.1. The minimum absolute atomic E-state index is 0.0179. The molecule has 0 radical (unpaired) electrons. The van der Waals surface area contributed by atoms with Crippen molar-refractivity contribution in [2.45, 2.75) is 11.4 Å². The molecule has 0 fully saturated rings. The molecule has 0 atom stereocenters. The molecule has 0 aromatic heterocycles. The quantitative estimate of drug-likeness (QED) is 0.511. The van der Waals surface area contributed by atoms with Crippen LogP contribution in [0.2, 0.25) is 0 Å². The van der Waals surface area contributed by atoms with Gasteiger partial charge in [-0.2, -0.15) is 4.31 Å². The number of anilines is 1. The lowest BCUT2D eigenvalue weighted by Gasteiger charge is -2.19. The van der Waals surface area contributed by atoms with Crippen LogP contribution < -0.4 is 19.5 Å². The Hall–Kier alpha value is -3.56. The summed E-state index contributed by atoms with van der Waals surface area (Å²) in [5, 5.41) is 2.81. The molecule has 0 spiro atoms. The van der Waals surface area contributed by atoms with E-state index in [0.717, 1.165) is 0 Å². The van der Waals surface area contributed by atoms with Crippen molar-refractivity contribution < 1.29 is 27.4 Å². The van der Waals surface area contributed by atoms with Gasteiger partial charge in [0.05, 0.1) is 31.9 Å². The maximum Gasteiger partial charge on any atom is 0.255 e. The van der Waals surface area contributed by atoms with Crippen LogP contribution in [0, 0.1) is 0 Å². The number of hydrogen-bond acceptors (Lipinski definition) is 6. The number of sulfonamides is 1. The Labute approximate surface area is 193 Å². The van der Waals surface area contributed by atoms with Crippen molar-refractivity contribution in [1.29, 1.82) is 0 Å². The Kier molecular flexibility index (Phi) is 7.57. The van der Waals surface area contributed by atoms with Crippen LogP contribution >= 0.6 is 0 Å². The number of amides is 1. The summed E-state index contributed by atoms with van der Waals surface area (Å²) in [7, 11) is 2.30. The molecule has 3 aromatic rings. The Morgan fingerprint density at radius 2 is 1.55 bits per heavy atom. The molecule has 0 saturated heterocycles. The van der Waals surface area contributed by atoms with Gasteiger partial charge in [-0.15, -0.1) is 0 Å². The van der Waals surface area contributed by atoms with E-state index in [4.69, 9.17) is 14.2 Å². The molecule has 9 heteroatoms. The second-order valence-corrected chi connectivity index (χ2v) is 9.17. The predicted molar refractivity (Wildman–Crippen MR) is 126 cm³/mol. The zero-order valence-corrected chi connectivity index (χ0v) is 19.7. The van der Waals surface area contributed by atoms with Crippen LogP contribution in [-0.2, 0) is 16.6 Å². The van der Waals surface area contributed by atoms with Crippen molar-refractivity contribution in [2.75, 3.05) is 33.7 Å². The van der Waals surface area contributed by atoms with E-state index in [9.17, 15) is 13.2 Å². The predicted octanol–water partition coefficient (Wildman–Crippen LogP) is 3.79. The average molecular weight is 471 g/mol. The average Bonchev–Trinajstić information content (AvgIpc) is 2.84. The highest BCUT2D eigenvalue weighted by atomic mass is 32.2. The molecule has 1 amide bonds. The third-order valence-corrected chi connectivity index (χ3v) is 6.86. The summed E-state index contributed by atoms with van der Waals surface area (Å²) in [5.41, 5.74) is 1.33. The minimum atomic E-state index is -3.71. The molecule has 0 aliphatic heterocycles. The molecule has 0 saturated carbocycles. The van der Waals surface area contributed by atoms with Gasteiger partial charge in [-0.3, -0.25) is 4.79 Å². The van der Waals surface area contributed by atoms with E-state index in [1.54, 1.807) is 54.6 Å². The third kappa shape index (κ3) is 5.44. The first kappa shape index (κ1) is 24.1. The third-order valence-electron chi connectivity index (χ3n) is 5.04. The number of methoxy groups -OCH3 is 3. The van der Waals surface area contributed by atoms with Crippen LogP contribution in [0.25, 0.3) is 0 Å². The van der Waals surface area contributed by atoms with E-state index in [1.807, 2.05) is 0 Å². The number of rotatable bonds is 9. The van der Waals surface area contributed by atoms with Crippen LogP contribution in [-0.4, -0.2) is 47.0 Å². The topological polar surface area (TPSA) is 94.2 Å². The summed E-state index contributed by atoms with van der Waals surface area (Å²) in [6.07, 6.45) is 0. The van der Waals surface area contributed by atoms with Gasteiger partial charge in [-0.05, 0) is 42.5 Å².